The maximum Gasteiger partial charge on any atom is 0.126 e. The number of likely N-dealkylation sites (N-methyl/N-ethyl adjacent to an activating group) is 1. The van der Waals surface area contributed by atoms with E-state index in [-0.39, 0.29) is 0 Å². The van der Waals surface area contributed by atoms with Gasteiger partial charge in [0.25, 0.3) is 0 Å². The van der Waals surface area contributed by atoms with E-state index < -0.39 is 0 Å². The standard InChI is InChI=1S/C14H20N4/c1-2-18-8-4-3-5-13(18)11-17-14-7-6-12(9-15)10-16-14/h6-7,10,13H,2-5,8,11H2,1H3,(H,16,17)/t13-/m0/s1. The molecule has 0 spiro atoms. The predicted octanol–water partition coefficient (Wildman–Crippen LogP) is 2.24. The van der Waals surface area contributed by atoms with Crippen LogP contribution in [0.5, 0.6) is 0 Å². The van der Waals surface area contributed by atoms with Crippen LogP contribution in [0.3, 0.4) is 0 Å². The Morgan fingerprint density at radius 3 is 3.06 bits per heavy atom. The minimum Gasteiger partial charge on any atom is -0.369 e. The van der Waals surface area contributed by atoms with Gasteiger partial charge in [0.1, 0.15) is 11.9 Å². The van der Waals surface area contributed by atoms with Crippen LogP contribution in [0.1, 0.15) is 31.7 Å². The van der Waals surface area contributed by atoms with Crippen molar-refractivity contribution in [1.82, 2.24) is 9.88 Å². The van der Waals surface area contributed by atoms with Gasteiger partial charge in [-0.3, -0.25) is 4.90 Å². The molecule has 0 unspecified atom stereocenters. The Balaban J connectivity index is 1.87. The van der Waals surface area contributed by atoms with Crippen LogP contribution in [0, 0.1) is 11.3 Å². The number of anilines is 1. The zero-order valence-electron chi connectivity index (χ0n) is 10.9. The van der Waals surface area contributed by atoms with E-state index in [1.165, 1.54) is 25.8 Å². The van der Waals surface area contributed by atoms with Gasteiger partial charge in [-0.15, -0.1) is 0 Å². The van der Waals surface area contributed by atoms with Crippen LogP contribution in [-0.2, 0) is 0 Å². The van der Waals surface area contributed by atoms with Crippen molar-refractivity contribution in [3.63, 3.8) is 0 Å². The Morgan fingerprint density at radius 1 is 1.50 bits per heavy atom. The van der Waals surface area contributed by atoms with Crippen molar-refractivity contribution in [2.75, 3.05) is 25.0 Å². The fraction of sp³-hybridized carbons (Fsp3) is 0.571. The zero-order chi connectivity index (χ0) is 12.8. The third kappa shape index (κ3) is 3.21. The van der Waals surface area contributed by atoms with Crippen molar-refractivity contribution in [2.45, 2.75) is 32.2 Å². The molecule has 0 saturated carbocycles. The number of piperidine rings is 1. The van der Waals surface area contributed by atoms with Crippen LogP contribution in [0.15, 0.2) is 18.3 Å². The molecule has 0 aliphatic carbocycles. The van der Waals surface area contributed by atoms with Gasteiger partial charge in [0.05, 0.1) is 5.56 Å². The van der Waals surface area contributed by atoms with E-state index >= 15 is 0 Å². The van der Waals surface area contributed by atoms with Gasteiger partial charge in [-0.2, -0.15) is 5.26 Å². The Bertz CT molecular complexity index is 407. The van der Waals surface area contributed by atoms with Crippen molar-refractivity contribution >= 4 is 5.82 Å². The summed E-state index contributed by atoms with van der Waals surface area (Å²) in [7, 11) is 0. The highest BCUT2D eigenvalue weighted by Gasteiger charge is 2.20. The van der Waals surface area contributed by atoms with Gasteiger partial charge in [0.2, 0.25) is 0 Å². The van der Waals surface area contributed by atoms with Crippen LogP contribution in [0.4, 0.5) is 5.82 Å². The van der Waals surface area contributed by atoms with Gasteiger partial charge in [-0.25, -0.2) is 4.98 Å². The number of nitrogens with one attached hydrogen (secondary N) is 1. The number of hydrogen-bond acceptors (Lipinski definition) is 4. The Kier molecular flexibility index (Phi) is 4.54. The molecule has 18 heavy (non-hydrogen) atoms. The smallest absolute Gasteiger partial charge is 0.126 e. The lowest BCUT2D eigenvalue weighted by Gasteiger charge is -2.35. The summed E-state index contributed by atoms with van der Waals surface area (Å²) in [5.41, 5.74) is 0.605. The number of likely N-dealkylation sites (tertiary alicyclic amines) is 1. The van der Waals surface area contributed by atoms with Gasteiger partial charge in [0.15, 0.2) is 0 Å². The first kappa shape index (κ1) is 12.8. The SMILES string of the molecule is CCN1CCCC[C@H]1CNc1ccc(C#N)cn1. The molecule has 0 radical (unpaired) electrons. The topological polar surface area (TPSA) is 52.0 Å². The second kappa shape index (κ2) is 6.36. The molecule has 2 heterocycles. The quantitative estimate of drug-likeness (QED) is 0.882. The van der Waals surface area contributed by atoms with Crippen LogP contribution in [0.25, 0.3) is 0 Å². The Morgan fingerprint density at radius 2 is 2.39 bits per heavy atom. The number of aromatic nitrogens is 1. The molecule has 0 bridgehead atoms. The molecule has 1 N–H and O–H groups in total. The van der Waals surface area contributed by atoms with E-state index in [0.717, 1.165) is 18.9 Å². The lowest BCUT2D eigenvalue weighted by atomic mass is 10.0. The van der Waals surface area contributed by atoms with Gasteiger partial charge < -0.3 is 5.32 Å². The van der Waals surface area contributed by atoms with Crippen molar-refractivity contribution in [3.05, 3.63) is 23.9 Å². The first-order valence-electron chi connectivity index (χ1n) is 6.67. The summed E-state index contributed by atoms with van der Waals surface area (Å²) >= 11 is 0. The summed E-state index contributed by atoms with van der Waals surface area (Å²) in [6.45, 7) is 5.49. The van der Waals surface area contributed by atoms with E-state index in [1.54, 1.807) is 12.3 Å². The maximum atomic E-state index is 8.71. The van der Waals surface area contributed by atoms with Crippen molar-refractivity contribution in [1.29, 1.82) is 5.26 Å². The second-order valence-corrected chi connectivity index (χ2v) is 4.70. The molecule has 2 rings (SSSR count). The van der Waals surface area contributed by atoms with E-state index in [4.69, 9.17) is 5.26 Å². The summed E-state index contributed by atoms with van der Waals surface area (Å²) < 4.78 is 0. The summed E-state index contributed by atoms with van der Waals surface area (Å²) in [5, 5.41) is 12.1. The number of nitrogens with zero attached hydrogens (tertiary/aromatic N) is 3. The highest BCUT2D eigenvalue weighted by Crippen LogP contribution is 2.17. The maximum absolute atomic E-state index is 8.71. The zero-order valence-corrected chi connectivity index (χ0v) is 10.9. The average Bonchev–Trinajstić information content (AvgIpc) is 2.46. The van der Waals surface area contributed by atoms with Crippen molar-refractivity contribution in [3.8, 4) is 6.07 Å². The van der Waals surface area contributed by atoms with Crippen LogP contribution in [-0.4, -0.2) is 35.6 Å². The third-order valence-electron chi connectivity index (χ3n) is 3.57. The molecule has 1 aliphatic rings. The number of pyridine rings is 1. The molecule has 4 heteroatoms. The number of hydrogen-bond donors (Lipinski definition) is 1. The fourth-order valence-corrected chi connectivity index (χ4v) is 2.49. The lowest BCUT2D eigenvalue weighted by molar-refractivity contribution is 0.164. The van der Waals surface area contributed by atoms with Crippen LogP contribution < -0.4 is 5.32 Å². The normalized spacial score (nSPS) is 20.3. The van der Waals surface area contributed by atoms with Gasteiger partial charge >= 0.3 is 0 Å². The minimum absolute atomic E-state index is 0.605. The first-order valence-corrected chi connectivity index (χ1v) is 6.67. The number of nitriles is 1. The number of rotatable bonds is 4. The summed E-state index contributed by atoms with van der Waals surface area (Å²) in [5.74, 6) is 0.857. The monoisotopic (exact) mass is 244 g/mol. The molecular formula is C14H20N4. The molecule has 96 valence electrons. The molecule has 1 fully saturated rings. The van der Waals surface area contributed by atoms with E-state index in [1.807, 2.05) is 6.07 Å². The third-order valence-corrected chi connectivity index (χ3v) is 3.57. The van der Waals surface area contributed by atoms with Gasteiger partial charge in [-0.05, 0) is 38.1 Å². The minimum atomic E-state index is 0.605. The van der Waals surface area contributed by atoms with Crippen molar-refractivity contribution < 1.29 is 0 Å². The largest absolute Gasteiger partial charge is 0.369 e. The van der Waals surface area contributed by atoms with E-state index in [0.29, 0.717) is 11.6 Å². The molecule has 1 atom stereocenters. The summed E-state index contributed by atoms with van der Waals surface area (Å²) in [6, 6.07) is 6.36. The predicted molar refractivity (Wildman–Crippen MR) is 72.3 cm³/mol. The van der Waals surface area contributed by atoms with E-state index in [2.05, 4.69) is 28.2 Å². The molecule has 0 amide bonds. The molecule has 1 aromatic rings. The molecule has 1 aromatic heterocycles. The average molecular weight is 244 g/mol. The summed E-state index contributed by atoms with van der Waals surface area (Å²) in [4.78, 5) is 6.76. The second-order valence-electron chi connectivity index (χ2n) is 4.70. The van der Waals surface area contributed by atoms with Gasteiger partial charge in [-0.1, -0.05) is 13.3 Å². The first-order chi connectivity index (χ1) is 8.83. The fourth-order valence-electron chi connectivity index (χ4n) is 2.49. The lowest BCUT2D eigenvalue weighted by Crippen LogP contribution is -2.43. The molecular weight excluding hydrogens is 224 g/mol. The molecule has 1 aliphatic heterocycles. The molecule has 0 aromatic carbocycles. The molecule has 4 nitrogen and oxygen atoms in total. The van der Waals surface area contributed by atoms with Crippen LogP contribution >= 0.6 is 0 Å². The van der Waals surface area contributed by atoms with Crippen molar-refractivity contribution in [2.24, 2.45) is 0 Å². The Hall–Kier alpha value is -1.60. The highest BCUT2D eigenvalue weighted by molar-refractivity contribution is 5.39. The van der Waals surface area contributed by atoms with E-state index in [9.17, 15) is 0 Å². The van der Waals surface area contributed by atoms with Gasteiger partial charge in [0, 0.05) is 18.8 Å². The van der Waals surface area contributed by atoms with Crippen LogP contribution in [0.2, 0.25) is 0 Å². The highest BCUT2D eigenvalue weighted by atomic mass is 15.2. The summed E-state index contributed by atoms with van der Waals surface area (Å²) in [6.07, 6.45) is 5.51. The Labute approximate surface area is 109 Å². The molecule has 1 saturated heterocycles.